The van der Waals surface area contributed by atoms with Crippen LogP contribution in [0.25, 0.3) is 11.1 Å². The van der Waals surface area contributed by atoms with E-state index in [-0.39, 0.29) is 5.75 Å². The van der Waals surface area contributed by atoms with Crippen LogP contribution in [0.5, 0.6) is 11.5 Å². The predicted octanol–water partition coefficient (Wildman–Crippen LogP) is 4.85. The van der Waals surface area contributed by atoms with Crippen LogP contribution in [0.3, 0.4) is 0 Å². The van der Waals surface area contributed by atoms with E-state index in [1.807, 2.05) is 30.0 Å². The molecular weight excluding hydrogens is 319 g/mol. The van der Waals surface area contributed by atoms with Crippen LogP contribution in [0.4, 0.5) is 14.5 Å². The molecule has 1 aliphatic heterocycles. The lowest BCUT2D eigenvalue weighted by molar-refractivity contribution is -0.0892. The van der Waals surface area contributed by atoms with E-state index in [4.69, 9.17) is 4.74 Å². The Morgan fingerprint density at radius 2 is 1.83 bits per heavy atom. The Hall–Kier alpha value is -2.13. The molecule has 0 N–H and O–H groups in total. The number of nitrogens with zero attached hydrogens (tertiary/aromatic N) is 1. The van der Waals surface area contributed by atoms with Gasteiger partial charge in [-0.25, -0.2) is 0 Å². The Balaban J connectivity index is 1.89. The standard InChI is InChI=1S/C17H16F2NO2P/c1-3-20-11(2)21-16-9-6-13(10-15(16)20)12-4-7-14(8-5-12)22-17(18,19)23/h4-10H,2-3,23H2,1H3. The van der Waals surface area contributed by atoms with E-state index < -0.39 is 5.85 Å². The topological polar surface area (TPSA) is 21.7 Å². The monoisotopic (exact) mass is 335 g/mol. The minimum Gasteiger partial charge on any atom is -0.439 e. The van der Waals surface area contributed by atoms with Crippen molar-refractivity contribution in [3.63, 3.8) is 0 Å². The van der Waals surface area contributed by atoms with Crippen molar-refractivity contribution in [1.29, 1.82) is 0 Å². The molecule has 120 valence electrons. The summed E-state index contributed by atoms with van der Waals surface area (Å²) in [7, 11) is 1.35. The van der Waals surface area contributed by atoms with E-state index in [1.165, 1.54) is 21.4 Å². The number of rotatable bonds is 4. The highest BCUT2D eigenvalue weighted by molar-refractivity contribution is 7.17. The number of fused-ring (bicyclic) bond motifs is 1. The molecule has 0 fully saturated rings. The summed E-state index contributed by atoms with van der Waals surface area (Å²) >= 11 is 0. The molecule has 0 saturated carbocycles. The van der Waals surface area contributed by atoms with Crippen LogP contribution in [-0.2, 0) is 0 Å². The number of anilines is 1. The van der Waals surface area contributed by atoms with Crippen molar-refractivity contribution in [3.8, 4) is 22.6 Å². The van der Waals surface area contributed by atoms with Crippen molar-refractivity contribution in [2.45, 2.75) is 12.8 Å². The number of alkyl halides is 2. The first kappa shape index (κ1) is 15.8. The van der Waals surface area contributed by atoms with Crippen LogP contribution in [-0.4, -0.2) is 12.4 Å². The van der Waals surface area contributed by atoms with E-state index in [2.05, 4.69) is 11.3 Å². The van der Waals surface area contributed by atoms with E-state index >= 15 is 0 Å². The fourth-order valence-corrected chi connectivity index (χ4v) is 2.67. The second kappa shape index (κ2) is 5.82. The Morgan fingerprint density at radius 1 is 1.17 bits per heavy atom. The van der Waals surface area contributed by atoms with Crippen LogP contribution in [0.15, 0.2) is 54.9 Å². The van der Waals surface area contributed by atoms with Gasteiger partial charge in [0, 0.05) is 6.54 Å². The molecule has 1 aliphatic rings. The summed E-state index contributed by atoms with van der Waals surface area (Å²) < 4.78 is 35.7. The molecule has 0 radical (unpaired) electrons. The number of ether oxygens (including phenoxy) is 2. The number of halogens is 2. The smallest absolute Gasteiger partial charge is 0.408 e. The highest BCUT2D eigenvalue weighted by Gasteiger charge is 2.24. The highest BCUT2D eigenvalue weighted by atomic mass is 31.0. The summed E-state index contributed by atoms with van der Waals surface area (Å²) in [6.07, 6.45) is 0. The zero-order valence-corrected chi connectivity index (χ0v) is 13.7. The lowest BCUT2D eigenvalue weighted by Crippen LogP contribution is -2.18. The molecule has 3 nitrogen and oxygen atoms in total. The Kier molecular flexibility index (Phi) is 3.99. The Morgan fingerprint density at radius 3 is 2.43 bits per heavy atom. The minimum atomic E-state index is -3.27. The van der Waals surface area contributed by atoms with Crippen molar-refractivity contribution >= 4 is 14.9 Å². The lowest BCUT2D eigenvalue weighted by Gasteiger charge is -2.15. The van der Waals surface area contributed by atoms with Gasteiger partial charge in [-0.15, -0.1) is 0 Å². The van der Waals surface area contributed by atoms with Gasteiger partial charge in [0.25, 0.3) is 0 Å². The molecule has 2 aromatic rings. The first-order valence-electron chi connectivity index (χ1n) is 7.12. The minimum absolute atomic E-state index is 0.113. The normalized spacial score (nSPS) is 13.7. The summed E-state index contributed by atoms with van der Waals surface area (Å²) in [4.78, 5) is 1.98. The van der Waals surface area contributed by atoms with E-state index in [1.54, 1.807) is 12.1 Å². The third-order valence-corrected chi connectivity index (χ3v) is 3.65. The number of hydrogen-bond acceptors (Lipinski definition) is 3. The fraction of sp³-hybridized carbons (Fsp3) is 0.176. The second-order valence-electron chi connectivity index (χ2n) is 5.11. The molecule has 0 amide bonds. The van der Waals surface area contributed by atoms with Gasteiger partial charge in [-0.2, -0.15) is 8.78 Å². The fourth-order valence-electron chi connectivity index (χ4n) is 2.53. The Labute approximate surface area is 135 Å². The molecule has 0 spiro atoms. The van der Waals surface area contributed by atoms with Crippen LogP contribution in [0.2, 0.25) is 0 Å². The molecule has 23 heavy (non-hydrogen) atoms. The second-order valence-corrected chi connectivity index (χ2v) is 5.78. The van der Waals surface area contributed by atoms with Crippen LogP contribution in [0, 0.1) is 0 Å². The highest BCUT2D eigenvalue weighted by Crippen LogP contribution is 2.41. The summed E-state index contributed by atoms with van der Waals surface area (Å²) in [5.41, 5.74) is 2.82. The van der Waals surface area contributed by atoms with Gasteiger partial charge in [0.05, 0.1) is 5.69 Å². The molecule has 3 rings (SSSR count). The third-order valence-electron chi connectivity index (χ3n) is 3.54. The Bertz CT molecular complexity index is 741. The SMILES string of the molecule is C=C1Oc2ccc(-c3ccc(OC(F)(F)P)cc3)cc2N1CC. The van der Waals surface area contributed by atoms with Gasteiger partial charge in [0.2, 0.25) is 0 Å². The molecule has 0 saturated heterocycles. The molecular formula is C17H16F2NO2P. The van der Waals surface area contributed by atoms with Gasteiger partial charge in [-0.1, -0.05) is 18.2 Å². The average molecular weight is 335 g/mol. The molecule has 0 aliphatic carbocycles. The van der Waals surface area contributed by atoms with Crippen LogP contribution >= 0.6 is 9.24 Å². The van der Waals surface area contributed by atoms with Crippen LogP contribution in [0.1, 0.15) is 6.92 Å². The molecule has 1 atom stereocenters. The third kappa shape index (κ3) is 3.30. The van der Waals surface area contributed by atoms with E-state index in [0.29, 0.717) is 5.88 Å². The molecule has 0 aromatic heterocycles. The van der Waals surface area contributed by atoms with Crippen molar-refractivity contribution in [2.24, 2.45) is 0 Å². The van der Waals surface area contributed by atoms with E-state index in [9.17, 15) is 8.78 Å². The van der Waals surface area contributed by atoms with Crippen LogP contribution < -0.4 is 14.4 Å². The average Bonchev–Trinajstić information content (AvgIpc) is 2.80. The van der Waals surface area contributed by atoms with Gasteiger partial charge in [0.15, 0.2) is 11.6 Å². The van der Waals surface area contributed by atoms with Gasteiger partial charge in [0.1, 0.15) is 5.75 Å². The van der Waals surface area contributed by atoms with Gasteiger partial charge in [-0.05, 0) is 58.1 Å². The quantitative estimate of drug-likeness (QED) is 0.746. The van der Waals surface area contributed by atoms with Crippen molar-refractivity contribution in [2.75, 3.05) is 11.4 Å². The maximum atomic E-state index is 12.8. The maximum Gasteiger partial charge on any atom is 0.408 e. The summed E-state index contributed by atoms with van der Waals surface area (Å²) in [6, 6.07) is 12.3. The number of hydrogen-bond donors (Lipinski definition) is 0. The number of benzene rings is 2. The first-order chi connectivity index (χ1) is 10.9. The van der Waals surface area contributed by atoms with E-state index in [0.717, 1.165) is 29.1 Å². The predicted molar refractivity (Wildman–Crippen MR) is 90.0 cm³/mol. The van der Waals surface area contributed by atoms with Crippen molar-refractivity contribution in [1.82, 2.24) is 0 Å². The summed E-state index contributed by atoms with van der Waals surface area (Å²) in [5, 5.41) is 0. The maximum absolute atomic E-state index is 12.8. The molecule has 2 aromatic carbocycles. The summed E-state index contributed by atoms with van der Waals surface area (Å²) in [6.45, 7) is 6.66. The summed E-state index contributed by atoms with van der Waals surface area (Å²) in [5.74, 6) is -1.79. The van der Waals surface area contributed by atoms with Crippen molar-refractivity contribution < 1.29 is 18.3 Å². The molecule has 0 bridgehead atoms. The molecule has 1 heterocycles. The lowest BCUT2D eigenvalue weighted by atomic mass is 10.0. The molecule has 1 unspecified atom stereocenters. The largest absolute Gasteiger partial charge is 0.439 e. The zero-order chi connectivity index (χ0) is 16.6. The van der Waals surface area contributed by atoms with Gasteiger partial charge >= 0.3 is 5.85 Å². The van der Waals surface area contributed by atoms with Crippen molar-refractivity contribution in [3.05, 3.63) is 54.9 Å². The first-order valence-corrected chi connectivity index (χ1v) is 7.69. The molecule has 6 heteroatoms. The van der Waals surface area contributed by atoms with Gasteiger partial charge in [-0.3, -0.25) is 0 Å². The van der Waals surface area contributed by atoms with Gasteiger partial charge < -0.3 is 14.4 Å². The zero-order valence-electron chi connectivity index (χ0n) is 12.6.